The summed E-state index contributed by atoms with van der Waals surface area (Å²) in [5.74, 6) is -0.181. The van der Waals surface area contributed by atoms with Crippen molar-refractivity contribution in [3.8, 4) is 22.6 Å². The number of nitrogens with one attached hydrogen (secondary N) is 1. The van der Waals surface area contributed by atoms with Crippen molar-refractivity contribution in [2.45, 2.75) is 33.0 Å². The van der Waals surface area contributed by atoms with E-state index in [4.69, 9.17) is 21.1 Å². The molecule has 0 saturated heterocycles. The Balaban J connectivity index is 1.83. The number of rotatable bonds is 12. The van der Waals surface area contributed by atoms with Crippen molar-refractivity contribution < 1.29 is 24.5 Å². The van der Waals surface area contributed by atoms with Crippen LogP contribution in [0.3, 0.4) is 0 Å². The maximum absolute atomic E-state index is 11.3. The Morgan fingerprint density at radius 2 is 1.81 bits per heavy atom. The molecule has 0 heterocycles. The van der Waals surface area contributed by atoms with E-state index in [0.717, 1.165) is 26.7 Å². The third-order valence-corrected chi connectivity index (χ3v) is 6.64. The number of ether oxygens (including phenoxy) is 2. The van der Waals surface area contributed by atoms with Crippen molar-refractivity contribution in [3.05, 3.63) is 92.9 Å². The van der Waals surface area contributed by atoms with E-state index in [0.29, 0.717) is 28.7 Å². The molecule has 0 saturated carbocycles. The Labute approximate surface area is 224 Å². The van der Waals surface area contributed by atoms with Crippen molar-refractivity contribution in [1.82, 2.24) is 5.32 Å². The highest BCUT2D eigenvalue weighted by molar-refractivity contribution is 9.10. The van der Waals surface area contributed by atoms with Gasteiger partial charge in [-0.3, -0.25) is 10.1 Å². The molecule has 1 atom stereocenters. The second-order valence-electron chi connectivity index (χ2n) is 8.37. The molecule has 36 heavy (non-hydrogen) atoms. The van der Waals surface area contributed by atoms with Gasteiger partial charge in [0.15, 0.2) is 0 Å². The van der Waals surface area contributed by atoms with E-state index < -0.39 is 18.6 Å². The van der Waals surface area contributed by atoms with E-state index in [9.17, 15) is 15.0 Å². The molecule has 0 aliphatic rings. The highest BCUT2D eigenvalue weighted by Gasteiger charge is 2.18. The fourth-order valence-corrected chi connectivity index (χ4v) is 4.26. The number of aliphatic hydroxyl groups excluding tert-OH is 1. The average molecular weight is 575 g/mol. The van der Waals surface area contributed by atoms with Crippen LogP contribution in [0.15, 0.2) is 76.8 Å². The van der Waals surface area contributed by atoms with Gasteiger partial charge in [-0.2, -0.15) is 0 Å². The lowest BCUT2D eigenvalue weighted by atomic mass is 10.0. The van der Waals surface area contributed by atoms with E-state index in [-0.39, 0.29) is 13.2 Å². The van der Waals surface area contributed by atoms with Gasteiger partial charge in [-0.05, 0) is 53.0 Å². The molecule has 3 aromatic carbocycles. The zero-order valence-electron chi connectivity index (χ0n) is 20.1. The molecule has 1 unspecified atom stereocenters. The molecule has 8 heteroatoms. The number of halogens is 2. The molecule has 0 aromatic heterocycles. The summed E-state index contributed by atoms with van der Waals surface area (Å²) in [5, 5.41) is 21.7. The summed E-state index contributed by atoms with van der Waals surface area (Å²) >= 11 is 10.2. The molecule has 0 radical (unpaired) electrons. The predicted molar refractivity (Wildman–Crippen MR) is 146 cm³/mol. The molecule has 6 nitrogen and oxygen atoms in total. The van der Waals surface area contributed by atoms with Crippen molar-refractivity contribution >= 4 is 33.5 Å². The number of carboxylic acids is 1. The fourth-order valence-electron chi connectivity index (χ4n) is 3.41. The van der Waals surface area contributed by atoms with Crippen LogP contribution in [0.2, 0.25) is 5.02 Å². The van der Waals surface area contributed by atoms with Gasteiger partial charge in [-0.25, -0.2) is 0 Å². The summed E-state index contributed by atoms with van der Waals surface area (Å²) in [5.41, 5.74) is 4.87. The van der Waals surface area contributed by atoms with Crippen LogP contribution in [-0.2, 0) is 17.9 Å². The second-order valence-corrected chi connectivity index (χ2v) is 9.57. The molecular formula is C28H29BrClNO5. The van der Waals surface area contributed by atoms with Crippen molar-refractivity contribution in [3.63, 3.8) is 0 Å². The Bertz CT molecular complexity index is 1210. The number of allylic oxidation sites excluding steroid dienone is 1. The Kier molecular flexibility index (Phi) is 10.4. The summed E-state index contributed by atoms with van der Waals surface area (Å²) in [4.78, 5) is 11.3. The van der Waals surface area contributed by atoms with Gasteiger partial charge in [-0.1, -0.05) is 65.7 Å². The number of hydrogen-bond donors (Lipinski definition) is 3. The van der Waals surface area contributed by atoms with Crippen LogP contribution in [0.25, 0.3) is 11.1 Å². The number of carbonyl (C=O) groups is 1. The lowest BCUT2D eigenvalue weighted by Gasteiger charge is -2.18. The smallest absolute Gasteiger partial charge is 0.323 e. The zero-order valence-corrected chi connectivity index (χ0v) is 22.5. The highest BCUT2D eigenvalue weighted by Crippen LogP contribution is 2.35. The van der Waals surface area contributed by atoms with Crippen molar-refractivity contribution in [2.24, 2.45) is 0 Å². The first-order valence-electron chi connectivity index (χ1n) is 11.4. The monoisotopic (exact) mass is 573 g/mol. The Morgan fingerprint density at radius 1 is 1.06 bits per heavy atom. The molecule has 3 aromatic rings. The standard InChI is InChI=1S/C28H29BrClNO5/c1-18(2)11-12-35-25-14-26(23(30)13-21(25)15-31-24(16-32)28(33)34)36-17-20-9-6-10-22(27(20)29)19-7-4-3-5-8-19/h3-11,13-14,24,31-32H,12,15-17H2,1-2H3,(H,33,34). The first kappa shape index (κ1) is 27.7. The summed E-state index contributed by atoms with van der Waals surface area (Å²) < 4.78 is 13.0. The molecule has 0 bridgehead atoms. The lowest BCUT2D eigenvalue weighted by Crippen LogP contribution is -2.39. The molecule has 3 rings (SSSR count). The van der Waals surface area contributed by atoms with E-state index in [1.54, 1.807) is 12.1 Å². The van der Waals surface area contributed by atoms with Gasteiger partial charge in [0.05, 0.1) is 11.6 Å². The van der Waals surface area contributed by atoms with Gasteiger partial charge in [0, 0.05) is 28.2 Å². The number of aliphatic carboxylic acids is 1. The van der Waals surface area contributed by atoms with Crippen LogP contribution in [-0.4, -0.2) is 35.4 Å². The van der Waals surface area contributed by atoms with Crippen LogP contribution in [0.1, 0.15) is 25.0 Å². The van der Waals surface area contributed by atoms with Crippen molar-refractivity contribution in [1.29, 1.82) is 0 Å². The minimum atomic E-state index is -1.14. The van der Waals surface area contributed by atoms with Gasteiger partial charge in [0.2, 0.25) is 0 Å². The first-order chi connectivity index (χ1) is 17.3. The zero-order chi connectivity index (χ0) is 26.1. The average Bonchev–Trinajstić information content (AvgIpc) is 2.85. The van der Waals surface area contributed by atoms with Gasteiger partial charge in [0.25, 0.3) is 0 Å². The third kappa shape index (κ3) is 7.58. The van der Waals surface area contributed by atoms with E-state index in [2.05, 4.69) is 33.4 Å². The molecular weight excluding hydrogens is 546 g/mol. The minimum Gasteiger partial charge on any atom is -0.489 e. The summed E-state index contributed by atoms with van der Waals surface area (Å²) in [6.45, 7) is 4.17. The van der Waals surface area contributed by atoms with E-state index in [1.165, 1.54) is 0 Å². The fraction of sp³-hybridized carbons (Fsp3) is 0.250. The van der Waals surface area contributed by atoms with Crippen LogP contribution in [0, 0.1) is 0 Å². The van der Waals surface area contributed by atoms with Crippen LogP contribution >= 0.6 is 27.5 Å². The molecule has 0 spiro atoms. The van der Waals surface area contributed by atoms with Crippen LogP contribution in [0.5, 0.6) is 11.5 Å². The normalized spacial score (nSPS) is 11.6. The number of benzene rings is 3. The highest BCUT2D eigenvalue weighted by atomic mass is 79.9. The number of carboxylic acid groups (broad SMARTS) is 1. The minimum absolute atomic E-state index is 0.145. The Hall–Kier alpha value is -2.84. The maximum atomic E-state index is 11.3. The molecule has 0 amide bonds. The van der Waals surface area contributed by atoms with Gasteiger partial charge in [-0.15, -0.1) is 0 Å². The molecule has 0 aliphatic heterocycles. The van der Waals surface area contributed by atoms with Gasteiger partial charge >= 0.3 is 5.97 Å². The summed E-state index contributed by atoms with van der Waals surface area (Å²) in [6, 6.07) is 18.4. The van der Waals surface area contributed by atoms with E-state index >= 15 is 0 Å². The number of hydrogen-bond acceptors (Lipinski definition) is 5. The SMILES string of the molecule is CC(C)=CCOc1cc(OCc2cccc(-c3ccccc3)c2Br)c(Cl)cc1CNC(CO)C(=O)O. The molecule has 3 N–H and O–H groups in total. The number of aliphatic hydroxyl groups is 1. The summed E-state index contributed by atoms with van der Waals surface area (Å²) in [6.07, 6.45) is 1.94. The maximum Gasteiger partial charge on any atom is 0.323 e. The predicted octanol–water partition coefficient (Wildman–Crippen LogP) is 6.23. The molecule has 190 valence electrons. The largest absolute Gasteiger partial charge is 0.489 e. The Morgan fingerprint density at radius 3 is 2.47 bits per heavy atom. The quantitative estimate of drug-likeness (QED) is 0.222. The van der Waals surface area contributed by atoms with Crippen LogP contribution < -0.4 is 14.8 Å². The summed E-state index contributed by atoms with van der Waals surface area (Å²) in [7, 11) is 0. The molecule has 0 aliphatic carbocycles. The van der Waals surface area contributed by atoms with Gasteiger partial charge < -0.3 is 19.7 Å². The van der Waals surface area contributed by atoms with Crippen LogP contribution in [0.4, 0.5) is 0 Å². The lowest BCUT2D eigenvalue weighted by molar-refractivity contribution is -0.140. The topological polar surface area (TPSA) is 88.0 Å². The third-order valence-electron chi connectivity index (χ3n) is 5.41. The first-order valence-corrected chi connectivity index (χ1v) is 12.6. The van der Waals surface area contributed by atoms with Gasteiger partial charge in [0.1, 0.15) is 30.8 Å². The molecule has 0 fully saturated rings. The van der Waals surface area contributed by atoms with E-state index in [1.807, 2.05) is 56.3 Å². The second kappa shape index (κ2) is 13.5. The van der Waals surface area contributed by atoms with Crippen molar-refractivity contribution in [2.75, 3.05) is 13.2 Å².